The van der Waals surface area contributed by atoms with Gasteiger partial charge in [0, 0.05) is 12.2 Å². The topological polar surface area (TPSA) is 32.3 Å². The Bertz CT molecular complexity index is 739. The zero-order valence-electron chi connectivity index (χ0n) is 14.4. The van der Waals surface area contributed by atoms with Gasteiger partial charge < -0.3 is 5.32 Å². The Hall–Kier alpha value is -2.34. The summed E-state index contributed by atoms with van der Waals surface area (Å²) < 4.78 is 37.7. The van der Waals surface area contributed by atoms with Gasteiger partial charge >= 0.3 is 6.18 Å². The Morgan fingerprint density at radius 2 is 1.68 bits per heavy atom. The van der Waals surface area contributed by atoms with E-state index in [1.165, 1.54) is 12.1 Å². The van der Waals surface area contributed by atoms with Crippen molar-refractivity contribution in [3.8, 4) is 0 Å². The number of hydrogen-bond donors (Lipinski definition) is 1. The summed E-state index contributed by atoms with van der Waals surface area (Å²) in [5, 5.41) is 2.83. The van der Waals surface area contributed by atoms with Gasteiger partial charge in [0.05, 0.1) is 12.1 Å². The molecule has 0 unspecified atom stereocenters. The molecule has 0 aromatic heterocycles. The molecule has 0 aliphatic heterocycles. The molecule has 0 aliphatic carbocycles. The number of aryl methyl sites for hydroxylation is 2. The molecule has 6 heteroatoms. The number of carbonyl (C=O) groups excluding carboxylic acids is 1. The number of nitrogens with one attached hydrogen (secondary N) is 1. The highest BCUT2D eigenvalue weighted by atomic mass is 19.4. The van der Waals surface area contributed by atoms with Gasteiger partial charge in [-0.15, -0.1) is 0 Å². The number of alkyl halides is 3. The minimum absolute atomic E-state index is 0.147. The second-order valence-electron chi connectivity index (χ2n) is 6.21. The van der Waals surface area contributed by atoms with E-state index in [1.54, 1.807) is 11.9 Å². The second-order valence-corrected chi connectivity index (χ2v) is 6.21. The maximum Gasteiger partial charge on any atom is 0.416 e. The SMILES string of the molecule is Cc1ccc(NC(=O)CN(C)Cc2ccc(C(F)(F)F)cc2)cc1C. The van der Waals surface area contributed by atoms with E-state index in [1.807, 2.05) is 32.0 Å². The number of carbonyl (C=O) groups is 1. The van der Waals surface area contributed by atoms with Gasteiger partial charge in [-0.2, -0.15) is 13.2 Å². The summed E-state index contributed by atoms with van der Waals surface area (Å²) in [6.45, 7) is 4.51. The molecule has 0 radical (unpaired) electrons. The van der Waals surface area contributed by atoms with Gasteiger partial charge in [-0.05, 0) is 61.9 Å². The standard InChI is InChI=1S/C19H21F3N2O/c1-13-4-9-17(10-14(13)2)23-18(25)12-24(3)11-15-5-7-16(8-6-15)19(20,21)22/h4-10H,11-12H2,1-3H3,(H,23,25). The molecule has 25 heavy (non-hydrogen) atoms. The predicted molar refractivity (Wildman–Crippen MR) is 92.3 cm³/mol. The smallest absolute Gasteiger partial charge is 0.325 e. The van der Waals surface area contributed by atoms with Gasteiger partial charge in [-0.3, -0.25) is 9.69 Å². The Kier molecular flexibility index (Phi) is 5.85. The van der Waals surface area contributed by atoms with Crippen molar-refractivity contribution in [2.45, 2.75) is 26.6 Å². The van der Waals surface area contributed by atoms with Crippen LogP contribution in [-0.4, -0.2) is 24.4 Å². The Labute approximate surface area is 145 Å². The largest absolute Gasteiger partial charge is 0.416 e. The summed E-state index contributed by atoms with van der Waals surface area (Å²) in [5.41, 5.74) is 3.02. The molecule has 1 amide bonds. The third-order valence-electron chi connectivity index (χ3n) is 3.94. The molecule has 3 nitrogen and oxygen atoms in total. The highest BCUT2D eigenvalue weighted by molar-refractivity contribution is 5.92. The molecule has 134 valence electrons. The molecule has 0 atom stereocenters. The van der Waals surface area contributed by atoms with Crippen molar-refractivity contribution in [2.75, 3.05) is 18.9 Å². The first kappa shape index (κ1) is 19.0. The van der Waals surface area contributed by atoms with Gasteiger partial charge in [0.15, 0.2) is 0 Å². The Balaban J connectivity index is 1.89. The number of hydrogen-bond acceptors (Lipinski definition) is 2. The Morgan fingerprint density at radius 1 is 1.04 bits per heavy atom. The highest BCUT2D eigenvalue weighted by Crippen LogP contribution is 2.29. The fraction of sp³-hybridized carbons (Fsp3) is 0.316. The maximum absolute atomic E-state index is 12.6. The van der Waals surface area contributed by atoms with E-state index in [9.17, 15) is 18.0 Å². The molecule has 0 fully saturated rings. The van der Waals surface area contributed by atoms with Crippen LogP contribution in [-0.2, 0) is 17.5 Å². The number of nitrogens with zero attached hydrogens (tertiary/aromatic N) is 1. The number of anilines is 1. The molecule has 0 saturated carbocycles. The van der Waals surface area contributed by atoms with E-state index < -0.39 is 11.7 Å². The summed E-state index contributed by atoms with van der Waals surface area (Å²) in [5.74, 6) is -0.169. The fourth-order valence-corrected chi connectivity index (χ4v) is 2.43. The van der Waals surface area contributed by atoms with Gasteiger partial charge in [-0.25, -0.2) is 0 Å². The lowest BCUT2D eigenvalue weighted by molar-refractivity contribution is -0.137. The molecule has 0 heterocycles. The lowest BCUT2D eigenvalue weighted by Gasteiger charge is -2.17. The summed E-state index contributed by atoms with van der Waals surface area (Å²) in [4.78, 5) is 13.8. The molecule has 2 aromatic rings. The third-order valence-corrected chi connectivity index (χ3v) is 3.94. The second kappa shape index (κ2) is 7.70. The molecule has 1 N–H and O–H groups in total. The van der Waals surface area contributed by atoms with E-state index in [4.69, 9.17) is 0 Å². The summed E-state index contributed by atoms with van der Waals surface area (Å²) in [7, 11) is 1.75. The molecule has 0 bridgehead atoms. The van der Waals surface area contributed by atoms with E-state index >= 15 is 0 Å². The zero-order chi connectivity index (χ0) is 18.6. The Morgan fingerprint density at radius 3 is 2.24 bits per heavy atom. The van der Waals surface area contributed by atoms with Gasteiger partial charge in [0.2, 0.25) is 5.91 Å². The van der Waals surface area contributed by atoms with Crippen molar-refractivity contribution in [1.29, 1.82) is 0 Å². The molecule has 0 spiro atoms. The maximum atomic E-state index is 12.6. The average Bonchev–Trinajstić information content (AvgIpc) is 2.50. The first-order chi connectivity index (χ1) is 11.6. The minimum Gasteiger partial charge on any atom is -0.325 e. The third kappa shape index (κ3) is 5.60. The van der Waals surface area contributed by atoms with E-state index in [0.29, 0.717) is 6.54 Å². The summed E-state index contributed by atoms with van der Waals surface area (Å²) in [6.07, 6.45) is -4.34. The van der Waals surface area contributed by atoms with Gasteiger partial charge in [-0.1, -0.05) is 18.2 Å². The molecule has 2 aromatic carbocycles. The lowest BCUT2D eigenvalue weighted by atomic mass is 10.1. The number of halogens is 3. The van der Waals surface area contributed by atoms with E-state index in [2.05, 4.69) is 5.32 Å². The van der Waals surface area contributed by atoms with Crippen molar-refractivity contribution in [3.63, 3.8) is 0 Å². The van der Waals surface area contributed by atoms with Crippen LogP contribution in [0.1, 0.15) is 22.3 Å². The number of amides is 1. The van der Waals surface area contributed by atoms with Crippen molar-refractivity contribution in [2.24, 2.45) is 0 Å². The van der Waals surface area contributed by atoms with Crippen LogP contribution in [0.15, 0.2) is 42.5 Å². The van der Waals surface area contributed by atoms with Crippen molar-refractivity contribution >= 4 is 11.6 Å². The minimum atomic E-state index is -4.34. The van der Waals surface area contributed by atoms with Gasteiger partial charge in [0.1, 0.15) is 0 Å². The van der Waals surface area contributed by atoms with E-state index in [-0.39, 0.29) is 12.5 Å². The average molecular weight is 350 g/mol. The van der Waals surface area contributed by atoms with Crippen molar-refractivity contribution < 1.29 is 18.0 Å². The molecular formula is C19H21F3N2O. The lowest BCUT2D eigenvalue weighted by Crippen LogP contribution is -2.29. The fourth-order valence-electron chi connectivity index (χ4n) is 2.43. The van der Waals surface area contributed by atoms with Crippen LogP contribution in [0.5, 0.6) is 0 Å². The number of benzene rings is 2. The summed E-state index contributed by atoms with van der Waals surface area (Å²) >= 11 is 0. The van der Waals surface area contributed by atoms with Crippen molar-refractivity contribution in [1.82, 2.24) is 4.90 Å². The molecule has 0 saturated heterocycles. The van der Waals surface area contributed by atoms with Crippen LogP contribution in [0.2, 0.25) is 0 Å². The first-order valence-corrected chi connectivity index (χ1v) is 7.87. The van der Waals surface area contributed by atoms with Crippen LogP contribution >= 0.6 is 0 Å². The quantitative estimate of drug-likeness (QED) is 0.867. The van der Waals surface area contributed by atoms with E-state index in [0.717, 1.165) is 34.5 Å². The predicted octanol–water partition coefficient (Wildman–Crippen LogP) is 4.39. The van der Waals surface area contributed by atoms with Crippen LogP contribution in [0.3, 0.4) is 0 Å². The van der Waals surface area contributed by atoms with Crippen LogP contribution in [0, 0.1) is 13.8 Å². The normalized spacial score (nSPS) is 11.6. The van der Waals surface area contributed by atoms with Crippen molar-refractivity contribution in [3.05, 3.63) is 64.7 Å². The first-order valence-electron chi connectivity index (χ1n) is 7.87. The van der Waals surface area contributed by atoms with Gasteiger partial charge in [0.25, 0.3) is 0 Å². The zero-order valence-corrected chi connectivity index (χ0v) is 14.4. The summed E-state index contributed by atoms with van der Waals surface area (Å²) in [6, 6.07) is 10.7. The molecule has 0 aliphatic rings. The van der Waals surface area contributed by atoms with Crippen LogP contribution in [0.25, 0.3) is 0 Å². The number of rotatable bonds is 5. The van der Waals surface area contributed by atoms with Crippen LogP contribution < -0.4 is 5.32 Å². The molecular weight excluding hydrogens is 329 g/mol. The molecule has 2 rings (SSSR count). The number of likely N-dealkylation sites (N-methyl/N-ethyl adjacent to an activating group) is 1. The van der Waals surface area contributed by atoms with Crippen LogP contribution in [0.4, 0.5) is 18.9 Å². The highest BCUT2D eigenvalue weighted by Gasteiger charge is 2.29. The monoisotopic (exact) mass is 350 g/mol.